The Kier molecular flexibility index (Phi) is 3.97. The molecular weight excluding hydrogens is 375 g/mol. The van der Waals surface area contributed by atoms with Crippen LogP contribution in [0.2, 0.25) is 0 Å². The quantitative estimate of drug-likeness (QED) is 0.691. The molecular formula is C14H11BrF3N5. The predicted octanol–water partition coefficient (Wildman–Crippen LogP) is 3.54. The first-order chi connectivity index (χ1) is 10.8. The van der Waals surface area contributed by atoms with E-state index in [1.54, 1.807) is 18.0 Å². The van der Waals surface area contributed by atoms with Crippen molar-refractivity contribution in [2.45, 2.75) is 12.7 Å². The molecule has 3 aromatic rings. The lowest BCUT2D eigenvalue weighted by molar-refractivity contribution is -0.146. The molecule has 0 spiro atoms. The topological polar surface area (TPSA) is 46.3 Å². The van der Waals surface area contributed by atoms with Gasteiger partial charge < -0.3 is 4.90 Å². The molecule has 0 aliphatic carbocycles. The van der Waals surface area contributed by atoms with E-state index in [0.29, 0.717) is 16.9 Å². The number of alkyl halides is 3. The molecule has 23 heavy (non-hydrogen) atoms. The Morgan fingerprint density at radius 3 is 2.43 bits per heavy atom. The number of hydrogen-bond donors (Lipinski definition) is 0. The van der Waals surface area contributed by atoms with E-state index in [0.717, 1.165) is 10.0 Å². The maximum Gasteiger partial charge on any atom is 0.453 e. The third-order valence-electron chi connectivity index (χ3n) is 3.23. The van der Waals surface area contributed by atoms with Crippen molar-refractivity contribution in [3.63, 3.8) is 0 Å². The summed E-state index contributed by atoms with van der Waals surface area (Å²) in [6, 6.07) is 10.7. The van der Waals surface area contributed by atoms with E-state index in [2.05, 4.69) is 31.2 Å². The van der Waals surface area contributed by atoms with Crippen molar-refractivity contribution in [2.75, 3.05) is 11.9 Å². The molecule has 0 fully saturated rings. The molecule has 1 aromatic carbocycles. The Bertz CT molecular complexity index is 829. The van der Waals surface area contributed by atoms with Gasteiger partial charge in [0.1, 0.15) is 5.82 Å². The van der Waals surface area contributed by atoms with Gasteiger partial charge in [0.05, 0.1) is 0 Å². The third kappa shape index (κ3) is 3.29. The average Bonchev–Trinajstić information content (AvgIpc) is 2.92. The molecule has 0 saturated carbocycles. The van der Waals surface area contributed by atoms with Crippen LogP contribution in [0.15, 0.2) is 40.9 Å². The lowest BCUT2D eigenvalue weighted by Crippen LogP contribution is -2.20. The van der Waals surface area contributed by atoms with Gasteiger partial charge in [0.2, 0.25) is 0 Å². The highest BCUT2D eigenvalue weighted by Crippen LogP contribution is 2.28. The number of fused-ring (bicyclic) bond motifs is 1. The highest BCUT2D eigenvalue weighted by Gasteiger charge is 2.37. The normalized spacial score (nSPS) is 11.9. The van der Waals surface area contributed by atoms with Crippen LogP contribution in [0.3, 0.4) is 0 Å². The fourth-order valence-corrected chi connectivity index (χ4v) is 2.37. The molecule has 0 radical (unpaired) electrons. The molecule has 0 unspecified atom stereocenters. The Morgan fingerprint density at radius 1 is 1.09 bits per heavy atom. The summed E-state index contributed by atoms with van der Waals surface area (Å²) >= 11 is 3.36. The fraction of sp³-hybridized carbons (Fsp3) is 0.214. The van der Waals surface area contributed by atoms with Gasteiger partial charge in [-0.2, -0.15) is 17.7 Å². The number of aromatic nitrogens is 4. The molecule has 0 aliphatic heterocycles. The van der Waals surface area contributed by atoms with Gasteiger partial charge in [-0.3, -0.25) is 0 Å². The average molecular weight is 386 g/mol. The summed E-state index contributed by atoms with van der Waals surface area (Å²) in [4.78, 5) is 1.75. The second-order valence-electron chi connectivity index (χ2n) is 4.97. The zero-order valence-corrected chi connectivity index (χ0v) is 13.5. The lowest BCUT2D eigenvalue weighted by atomic mass is 10.2. The molecule has 0 N–H and O–H groups in total. The number of hydrogen-bond acceptors (Lipinski definition) is 4. The fourth-order valence-electron chi connectivity index (χ4n) is 2.10. The van der Waals surface area contributed by atoms with Crippen LogP contribution in [0.5, 0.6) is 0 Å². The van der Waals surface area contributed by atoms with Crippen LogP contribution >= 0.6 is 15.9 Å². The Hall–Kier alpha value is -2.16. The number of halogens is 4. The van der Waals surface area contributed by atoms with Gasteiger partial charge in [-0.1, -0.05) is 28.1 Å². The largest absolute Gasteiger partial charge is 0.453 e. The van der Waals surface area contributed by atoms with E-state index in [1.165, 1.54) is 6.07 Å². The second-order valence-corrected chi connectivity index (χ2v) is 5.88. The van der Waals surface area contributed by atoms with Crippen molar-refractivity contribution in [3.8, 4) is 0 Å². The van der Waals surface area contributed by atoms with Gasteiger partial charge in [-0.15, -0.1) is 15.3 Å². The molecule has 0 saturated heterocycles. The molecule has 0 aliphatic rings. The SMILES string of the molecule is CN(Cc1ccc(Br)cc1)c1ccc2nnc(C(F)(F)F)n2n1. The van der Waals surface area contributed by atoms with E-state index in [1.807, 2.05) is 24.3 Å². The molecule has 9 heteroatoms. The third-order valence-corrected chi connectivity index (χ3v) is 3.76. The Balaban J connectivity index is 1.91. The van der Waals surface area contributed by atoms with Gasteiger partial charge in [0.25, 0.3) is 5.82 Å². The summed E-state index contributed by atoms with van der Waals surface area (Å²) in [6.45, 7) is 0.509. The Morgan fingerprint density at radius 2 is 1.78 bits per heavy atom. The zero-order chi connectivity index (χ0) is 16.6. The predicted molar refractivity (Wildman–Crippen MR) is 82.0 cm³/mol. The van der Waals surface area contributed by atoms with E-state index in [-0.39, 0.29) is 5.65 Å². The van der Waals surface area contributed by atoms with Crippen LogP contribution in [0.1, 0.15) is 11.4 Å². The molecule has 0 bridgehead atoms. The minimum atomic E-state index is -4.60. The summed E-state index contributed by atoms with van der Waals surface area (Å²) in [6.07, 6.45) is -4.60. The summed E-state index contributed by atoms with van der Waals surface area (Å²) in [7, 11) is 1.76. The van der Waals surface area contributed by atoms with Crippen molar-refractivity contribution in [1.82, 2.24) is 19.8 Å². The van der Waals surface area contributed by atoms with Crippen molar-refractivity contribution in [2.24, 2.45) is 0 Å². The van der Waals surface area contributed by atoms with Gasteiger partial charge >= 0.3 is 6.18 Å². The monoisotopic (exact) mass is 385 g/mol. The van der Waals surface area contributed by atoms with E-state index in [9.17, 15) is 13.2 Å². The van der Waals surface area contributed by atoms with E-state index >= 15 is 0 Å². The first-order valence-electron chi connectivity index (χ1n) is 6.60. The van der Waals surface area contributed by atoms with Crippen LogP contribution in [-0.2, 0) is 12.7 Å². The minimum Gasteiger partial charge on any atom is -0.354 e. The van der Waals surface area contributed by atoms with Crippen LogP contribution in [0.25, 0.3) is 5.65 Å². The molecule has 3 rings (SSSR count). The maximum absolute atomic E-state index is 12.9. The highest BCUT2D eigenvalue weighted by molar-refractivity contribution is 9.10. The standard InChI is InChI=1S/C14H11BrF3N5/c1-22(8-9-2-4-10(15)5-3-9)12-7-6-11-19-20-13(14(16,17)18)23(11)21-12/h2-7H,8H2,1H3. The van der Waals surface area contributed by atoms with Crippen molar-refractivity contribution < 1.29 is 13.2 Å². The minimum absolute atomic E-state index is 0.0538. The van der Waals surface area contributed by atoms with Gasteiger partial charge in [-0.25, -0.2) is 0 Å². The van der Waals surface area contributed by atoms with Crippen LogP contribution < -0.4 is 4.90 Å². The van der Waals surface area contributed by atoms with Crippen molar-refractivity contribution >= 4 is 27.4 Å². The zero-order valence-electron chi connectivity index (χ0n) is 11.9. The molecule has 2 aromatic heterocycles. The van der Waals surface area contributed by atoms with Gasteiger partial charge in [-0.05, 0) is 29.8 Å². The summed E-state index contributed by atoms with van der Waals surface area (Å²) in [5, 5.41) is 10.7. The molecule has 120 valence electrons. The number of rotatable bonds is 3. The maximum atomic E-state index is 12.9. The molecule has 2 heterocycles. The van der Waals surface area contributed by atoms with Gasteiger partial charge in [0, 0.05) is 18.1 Å². The van der Waals surface area contributed by atoms with Crippen LogP contribution in [-0.4, -0.2) is 26.9 Å². The molecule has 0 atom stereocenters. The summed E-state index contributed by atoms with van der Waals surface area (Å²) in [5.74, 6) is -0.739. The highest BCUT2D eigenvalue weighted by atomic mass is 79.9. The van der Waals surface area contributed by atoms with Crippen LogP contribution in [0.4, 0.5) is 19.0 Å². The first-order valence-corrected chi connectivity index (χ1v) is 7.39. The number of nitrogens with zero attached hydrogens (tertiary/aromatic N) is 5. The second kappa shape index (κ2) is 5.80. The van der Waals surface area contributed by atoms with Gasteiger partial charge in [0.15, 0.2) is 5.65 Å². The van der Waals surface area contributed by atoms with E-state index < -0.39 is 12.0 Å². The number of benzene rings is 1. The summed E-state index contributed by atoms with van der Waals surface area (Å²) < 4.78 is 40.3. The number of anilines is 1. The van der Waals surface area contributed by atoms with E-state index in [4.69, 9.17) is 0 Å². The molecule has 5 nitrogen and oxygen atoms in total. The van der Waals surface area contributed by atoms with Crippen molar-refractivity contribution in [1.29, 1.82) is 0 Å². The Labute approximate surface area is 137 Å². The van der Waals surface area contributed by atoms with Crippen molar-refractivity contribution in [3.05, 3.63) is 52.3 Å². The smallest absolute Gasteiger partial charge is 0.354 e. The molecule has 0 amide bonds. The summed E-state index contributed by atoms with van der Waals surface area (Å²) in [5.41, 5.74) is 1.07. The first kappa shape index (κ1) is 15.7. The van der Waals surface area contributed by atoms with Crippen LogP contribution in [0, 0.1) is 0 Å². The lowest BCUT2D eigenvalue weighted by Gasteiger charge is -2.18.